The first-order valence-electron chi connectivity index (χ1n) is 11.3. The number of aliphatic hydroxyl groups is 1. The zero-order chi connectivity index (χ0) is 22.1. The molecule has 1 saturated heterocycles. The summed E-state index contributed by atoms with van der Waals surface area (Å²) in [5.41, 5.74) is 1.46. The van der Waals surface area contributed by atoms with Crippen LogP contribution in [-0.2, 0) is 6.54 Å². The van der Waals surface area contributed by atoms with Crippen molar-refractivity contribution in [2.45, 2.75) is 72.2 Å². The number of anilines is 1. The van der Waals surface area contributed by atoms with Gasteiger partial charge in [0.15, 0.2) is 5.96 Å². The van der Waals surface area contributed by atoms with Crippen LogP contribution in [0.15, 0.2) is 23.2 Å². The summed E-state index contributed by atoms with van der Waals surface area (Å²) in [7, 11) is 0. The summed E-state index contributed by atoms with van der Waals surface area (Å²) < 4.78 is 14.7. The summed E-state index contributed by atoms with van der Waals surface area (Å²) in [5.74, 6) is 0.529. The molecule has 170 valence electrons. The Morgan fingerprint density at radius 2 is 1.87 bits per heavy atom. The van der Waals surface area contributed by atoms with Crippen LogP contribution in [0.3, 0.4) is 0 Å². The number of halogens is 1. The monoisotopic (exact) mass is 421 g/mol. The second-order valence-corrected chi connectivity index (χ2v) is 8.55. The smallest absolute Gasteiger partial charge is 0.191 e. The number of aliphatic hydroxyl groups excluding tert-OH is 1. The van der Waals surface area contributed by atoms with Crippen LogP contribution in [0.1, 0.15) is 53.0 Å². The van der Waals surface area contributed by atoms with Gasteiger partial charge >= 0.3 is 0 Å². The summed E-state index contributed by atoms with van der Waals surface area (Å²) in [6.45, 7) is 15.2. The molecule has 0 atom stereocenters. The number of aliphatic imine (C=N–C) groups is 1. The van der Waals surface area contributed by atoms with Crippen molar-refractivity contribution in [3.8, 4) is 0 Å². The molecular formula is C23H40FN5O. The molecule has 0 unspecified atom stereocenters. The first kappa shape index (κ1) is 24.4. The van der Waals surface area contributed by atoms with E-state index in [0.717, 1.165) is 31.2 Å². The highest BCUT2D eigenvalue weighted by molar-refractivity contribution is 5.79. The zero-order valence-corrected chi connectivity index (χ0v) is 19.3. The molecule has 2 rings (SSSR count). The minimum atomic E-state index is -0.261. The average Bonchev–Trinajstić information content (AvgIpc) is 2.69. The Kier molecular flexibility index (Phi) is 9.85. The van der Waals surface area contributed by atoms with Crippen LogP contribution in [0.25, 0.3) is 0 Å². The van der Waals surface area contributed by atoms with Gasteiger partial charge in [-0.25, -0.2) is 9.38 Å². The Morgan fingerprint density at radius 1 is 1.20 bits per heavy atom. The first-order valence-corrected chi connectivity index (χ1v) is 11.3. The van der Waals surface area contributed by atoms with Crippen molar-refractivity contribution < 1.29 is 9.50 Å². The maximum atomic E-state index is 14.7. The second-order valence-electron chi connectivity index (χ2n) is 8.55. The minimum absolute atomic E-state index is 0.221. The van der Waals surface area contributed by atoms with Gasteiger partial charge in [-0.3, -0.25) is 4.90 Å². The van der Waals surface area contributed by atoms with Gasteiger partial charge in [0.2, 0.25) is 0 Å². The Bertz CT molecular complexity index is 664. The molecule has 0 bridgehead atoms. The van der Waals surface area contributed by atoms with E-state index in [1.165, 1.54) is 0 Å². The number of nitrogens with one attached hydrogen (secondary N) is 2. The average molecular weight is 422 g/mol. The summed E-state index contributed by atoms with van der Waals surface area (Å²) in [4.78, 5) is 9.07. The lowest BCUT2D eigenvalue weighted by Gasteiger charge is -2.31. The third-order valence-corrected chi connectivity index (χ3v) is 5.57. The Morgan fingerprint density at radius 3 is 2.43 bits per heavy atom. The number of guanidine groups is 1. The molecule has 1 heterocycles. The van der Waals surface area contributed by atoms with E-state index in [-0.39, 0.29) is 11.9 Å². The number of benzene rings is 1. The van der Waals surface area contributed by atoms with E-state index in [1.807, 2.05) is 24.0 Å². The number of rotatable bonds is 9. The van der Waals surface area contributed by atoms with Gasteiger partial charge in [0.25, 0.3) is 0 Å². The molecule has 1 aliphatic heterocycles. The van der Waals surface area contributed by atoms with Gasteiger partial charge in [-0.1, -0.05) is 6.07 Å². The fourth-order valence-corrected chi connectivity index (χ4v) is 3.94. The lowest BCUT2D eigenvalue weighted by Crippen LogP contribution is -2.45. The maximum absolute atomic E-state index is 14.7. The van der Waals surface area contributed by atoms with Crippen LogP contribution in [-0.4, -0.2) is 66.9 Å². The van der Waals surface area contributed by atoms with Crippen LogP contribution >= 0.6 is 0 Å². The summed E-state index contributed by atoms with van der Waals surface area (Å²) in [6.07, 6.45) is 1.12. The molecule has 1 aromatic carbocycles. The van der Waals surface area contributed by atoms with Crippen LogP contribution < -0.4 is 15.5 Å². The molecule has 0 spiro atoms. The van der Waals surface area contributed by atoms with Crippen molar-refractivity contribution in [1.29, 1.82) is 0 Å². The normalized spacial score (nSPS) is 16.1. The van der Waals surface area contributed by atoms with Gasteiger partial charge in [0.05, 0.1) is 18.3 Å². The predicted molar refractivity (Wildman–Crippen MR) is 124 cm³/mol. The highest BCUT2D eigenvalue weighted by atomic mass is 19.1. The lowest BCUT2D eigenvalue weighted by molar-refractivity contribution is 0.145. The third-order valence-electron chi connectivity index (χ3n) is 5.57. The minimum Gasteiger partial charge on any atom is -0.393 e. The third kappa shape index (κ3) is 7.43. The van der Waals surface area contributed by atoms with Gasteiger partial charge in [-0.2, -0.15) is 0 Å². The molecule has 0 amide bonds. The molecule has 1 aliphatic rings. The SMILES string of the molecule is CCNC(=NCc1ccc(N2CCC(O)CC2)c(F)c1)NCCN(C(C)C)C(C)C. The number of piperidine rings is 1. The predicted octanol–water partition coefficient (Wildman–Crippen LogP) is 2.96. The zero-order valence-electron chi connectivity index (χ0n) is 19.3. The Balaban J connectivity index is 1.94. The maximum Gasteiger partial charge on any atom is 0.191 e. The number of hydrogen-bond acceptors (Lipinski definition) is 4. The van der Waals surface area contributed by atoms with Crippen LogP contribution in [0.5, 0.6) is 0 Å². The largest absolute Gasteiger partial charge is 0.393 e. The van der Waals surface area contributed by atoms with Crippen LogP contribution in [0.2, 0.25) is 0 Å². The molecule has 7 heteroatoms. The standard InChI is InChI=1S/C23H40FN5O/c1-6-25-23(26-11-14-29(17(2)3)18(4)5)27-16-19-7-8-22(21(24)15-19)28-12-9-20(30)10-13-28/h7-8,15,17-18,20,30H,6,9-14,16H2,1-5H3,(H2,25,26,27). The van der Waals surface area contributed by atoms with Gasteiger partial charge < -0.3 is 20.6 Å². The van der Waals surface area contributed by atoms with Crippen molar-refractivity contribution >= 4 is 11.6 Å². The van der Waals surface area contributed by atoms with Gasteiger partial charge in [0.1, 0.15) is 5.82 Å². The van der Waals surface area contributed by atoms with Crippen LogP contribution in [0, 0.1) is 5.82 Å². The Labute approximate surface area is 181 Å². The highest BCUT2D eigenvalue weighted by Crippen LogP contribution is 2.24. The highest BCUT2D eigenvalue weighted by Gasteiger charge is 2.19. The van der Waals surface area contributed by atoms with Crippen molar-refractivity contribution in [3.05, 3.63) is 29.6 Å². The summed E-state index contributed by atoms with van der Waals surface area (Å²) in [5, 5.41) is 16.3. The van der Waals surface area contributed by atoms with Crippen molar-refractivity contribution in [2.24, 2.45) is 4.99 Å². The van der Waals surface area contributed by atoms with Gasteiger partial charge in [-0.15, -0.1) is 0 Å². The first-order chi connectivity index (χ1) is 14.3. The van der Waals surface area contributed by atoms with E-state index >= 15 is 0 Å². The fourth-order valence-electron chi connectivity index (χ4n) is 3.94. The van der Waals surface area contributed by atoms with E-state index < -0.39 is 0 Å². The Hall–Kier alpha value is -1.86. The van der Waals surface area contributed by atoms with Crippen molar-refractivity contribution in [2.75, 3.05) is 37.6 Å². The van der Waals surface area contributed by atoms with Gasteiger partial charge in [0, 0.05) is 44.8 Å². The van der Waals surface area contributed by atoms with Gasteiger partial charge in [-0.05, 0) is 65.2 Å². The molecule has 1 fully saturated rings. The number of nitrogens with zero attached hydrogens (tertiary/aromatic N) is 3. The number of hydrogen-bond donors (Lipinski definition) is 3. The fraction of sp³-hybridized carbons (Fsp3) is 0.696. The summed E-state index contributed by atoms with van der Waals surface area (Å²) in [6, 6.07) is 6.34. The summed E-state index contributed by atoms with van der Waals surface area (Å²) >= 11 is 0. The molecular weight excluding hydrogens is 381 g/mol. The molecule has 3 N–H and O–H groups in total. The lowest BCUT2D eigenvalue weighted by atomic mass is 10.1. The molecule has 1 aromatic rings. The van der Waals surface area contributed by atoms with E-state index in [9.17, 15) is 9.50 Å². The van der Waals surface area contributed by atoms with E-state index in [4.69, 9.17) is 0 Å². The van der Waals surface area contributed by atoms with Crippen LogP contribution in [0.4, 0.5) is 10.1 Å². The molecule has 0 aliphatic carbocycles. The second kappa shape index (κ2) is 12.1. The van der Waals surface area contributed by atoms with E-state index in [2.05, 4.69) is 48.2 Å². The van der Waals surface area contributed by atoms with E-state index in [0.29, 0.717) is 50.2 Å². The molecule has 6 nitrogen and oxygen atoms in total. The quantitative estimate of drug-likeness (QED) is 0.423. The molecule has 0 aromatic heterocycles. The molecule has 0 radical (unpaired) electrons. The van der Waals surface area contributed by atoms with Crippen molar-refractivity contribution in [3.63, 3.8) is 0 Å². The molecule has 30 heavy (non-hydrogen) atoms. The topological polar surface area (TPSA) is 63.1 Å². The van der Waals surface area contributed by atoms with Crippen molar-refractivity contribution in [1.82, 2.24) is 15.5 Å². The molecule has 0 saturated carbocycles. The van der Waals surface area contributed by atoms with E-state index in [1.54, 1.807) is 6.07 Å².